The lowest BCUT2D eigenvalue weighted by molar-refractivity contribution is -0.185. The highest BCUT2D eigenvalue weighted by molar-refractivity contribution is 5.83. The maximum absolute atomic E-state index is 15.0. The van der Waals surface area contributed by atoms with E-state index in [-0.39, 0.29) is 30.0 Å². The molecule has 8 nitrogen and oxygen atoms in total. The normalized spacial score (nSPS) is 12.0. The highest BCUT2D eigenvalue weighted by Gasteiger charge is 2.51. The molecule has 42 heavy (non-hydrogen) atoms. The Morgan fingerprint density at radius 3 is 2.45 bits per heavy atom. The number of alkyl halides is 3. The maximum atomic E-state index is 15.0. The Morgan fingerprint density at radius 2 is 1.79 bits per heavy atom. The van der Waals surface area contributed by atoms with E-state index in [0.29, 0.717) is 41.2 Å². The van der Waals surface area contributed by atoms with Crippen molar-refractivity contribution in [3.63, 3.8) is 0 Å². The fourth-order valence-electron chi connectivity index (χ4n) is 4.05. The number of hydrogen-bond donors (Lipinski definition) is 0. The Hall–Kier alpha value is -4.35. The van der Waals surface area contributed by atoms with Gasteiger partial charge in [0.1, 0.15) is 29.4 Å². The number of likely N-dealkylation sites (N-methyl/N-ethyl adjacent to an activating group) is 1. The van der Waals surface area contributed by atoms with Gasteiger partial charge in [0, 0.05) is 38.1 Å². The summed E-state index contributed by atoms with van der Waals surface area (Å²) < 4.78 is 65.5. The molecule has 0 fully saturated rings. The fraction of sp³-hybridized carbons (Fsp3) is 0.367. The molecule has 0 saturated heterocycles. The minimum absolute atomic E-state index is 0.0419. The Bertz CT molecular complexity index is 1630. The van der Waals surface area contributed by atoms with Crippen molar-refractivity contribution in [2.45, 2.75) is 52.1 Å². The van der Waals surface area contributed by atoms with Gasteiger partial charge in [-0.05, 0) is 44.0 Å². The van der Waals surface area contributed by atoms with Crippen LogP contribution in [-0.4, -0.2) is 58.1 Å². The Labute approximate surface area is 239 Å². The standard InChI is InChI=1S/C30H30F4N4O4/c1-17-10-24-25(15-27(17)41-9-8-38(5)18(2)39)36-26(16-35-24)20-7-6-19(23(31)12-20)11-22(40)13-21-14-28(42-37-21)29(3,4)30(32,33)34/h6-7,10,12,14-16H,8-9,11,13H2,1-5H3. The number of nitrogens with zero attached hydrogens (tertiary/aromatic N) is 4. The van der Waals surface area contributed by atoms with Gasteiger partial charge in [0.25, 0.3) is 0 Å². The average Bonchev–Trinajstić information content (AvgIpc) is 3.38. The smallest absolute Gasteiger partial charge is 0.401 e. The van der Waals surface area contributed by atoms with Crippen LogP contribution in [0.15, 0.2) is 47.1 Å². The van der Waals surface area contributed by atoms with Crippen molar-refractivity contribution in [3.8, 4) is 17.0 Å². The van der Waals surface area contributed by atoms with Gasteiger partial charge in [0.05, 0.1) is 41.6 Å². The zero-order chi connectivity index (χ0) is 30.8. The van der Waals surface area contributed by atoms with Gasteiger partial charge in [0.2, 0.25) is 5.91 Å². The number of benzene rings is 2. The number of rotatable bonds is 10. The summed E-state index contributed by atoms with van der Waals surface area (Å²) in [7, 11) is 1.69. The summed E-state index contributed by atoms with van der Waals surface area (Å²) in [5.74, 6) is -0.950. The molecule has 0 aliphatic carbocycles. The molecule has 0 aliphatic heterocycles. The third kappa shape index (κ3) is 6.75. The van der Waals surface area contributed by atoms with Gasteiger partial charge in [-0.25, -0.2) is 9.37 Å². The van der Waals surface area contributed by atoms with Gasteiger partial charge >= 0.3 is 6.18 Å². The van der Waals surface area contributed by atoms with E-state index in [9.17, 15) is 22.8 Å². The largest absolute Gasteiger partial charge is 0.491 e. The van der Waals surface area contributed by atoms with Crippen LogP contribution in [0.4, 0.5) is 17.6 Å². The molecule has 2 aromatic heterocycles. The molecule has 0 atom stereocenters. The Morgan fingerprint density at radius 1 is 1.05 bits per heavy atom. The van der Waals surface area contributed by atoms with Gasteiger partial charge in [-0.15, -0.1) is 0 Å². The predicted octanol–water partition coefficient (Wildman–Crippen LogP) is 5.78. The molecular weight excluding hydrogens is 556 g/mol. The van der Waals surface area contributed by atoms with Crippen molar-refractivity contribution in [1.29, 1.82) is 0 Å². The minimum atomic E-state index is -4.56. The number of ketones is 1. The van der Waals surface area contributed by atoms with E-state index in [0.717, 1.165) is 25.5 Å². The van der Waals surface area contributed by atoms with Crippen molar-refractivity contribution in [2.75, 3.05) is 20.2 Å². The molecule has 0 bridgehead atoms. The van der Waals surface area contributed by atoms with E-state index in [1.54, 1.807) is 24.1 Å². The molecule has 4 rings (SSSR count). The summed E-state index contributed by atoms with van der Waals surface area (Å²) >= 11 is 0. The number of aryl methyl sites for hydroxylation is 1. The van der Waals surface area contributed by atoms with E-state index in [1.165, 1.54) is 25.3 Å². The minimum Gasteiger partial charge on any atom is -0.491 e. The van der Waals surface area contributed by atoms with Gasteiger partial charge in [-0.3, -0.25) is 14.6 Å². The zero-order valence-electron chi connectivity index (χ0n) is 23.8. The number of ether oxygens (including phenoxy) is 1. The predicted molar refractivity (Wildman–Crippen MR) is 146 cm³/mol. The molecule has 0 spiro atoms. The van der Waals surface area contributed by atoms with E-state index in [2.05, 4.69) is 15.1 Å². The number of carbonyl (C=O) groups is 2. The van der Waals surface area contributed by atoms with Gasteiger partial charge < -0.3 is 14.2 Å². The van der Waals surface area contributed by atoms with Crippen LogP contribution in [0.3, 0.4) is 0 Å². The number of amides is 1. The van der Waals surface area contributed by atoms with Crippen LogP contribution in [0.25, 0.3) is 22.3 Å². The first kappa shape index (κ1) is 30.6. The molecule has 2 aromatic carbocycles. The topological polar surface area (TPSA) is 98.4 Å². The monoisotopic (exact) mass is 586 g/mol. The molecule has 0 saturated carbocycles. The summed E-state index contributed by atoms with van der Waals surface area (Å²) in [4.78, 5) is 34.6. The van der Waals surface area contributed by atoms with Crippen LogP contribution in [0.5, 0.6) is 5.75 Å². The second kappa shape index (κ2) is 11.9. The fourth-order valence-corrected chi connectivity index (χ4v) is 4.05. The molecule has 0 unspecified atom stereocenters. The first-order valence-corrected chi connectivity index (χ1v) is 13.1. The lowest BCUT2D eigenvalue weighted by Gasteiger charge is -2.24. The molecular formula is C30H30F4N4O4. The third-order valence-electron chi connectivity index (χ3n) is 7.06. The van der Waals surface area contributed by atoms with Crippen LogP contribution in [-0.2, 0) is 27.8 Å². The lowest BCUT2D eigenvalue weighted by Crippen LogP contribution is -2.35. The number of Topliss-reactive ketones (excluding diaryl/α,β-unsaturated/α-hetero) is 1. The van der Waals surface area contributed by atoms with Crippen LogP contribution in [0, 0.1) is 12.7 Å². The molecule has 222 valence electrons. The number of hydrogen-bond acceptors (Lipinski definition) is 7. The number of aromatic nitrogens is 3. The SMILES string of the molecule is CC(=O)N(C)CCOc1cc2nc(-c3ccc(CC(=O)Cc4cc(C(C)(C)C(F)(F)F)on4)c(F)c3)cnc2cc1C. The number of carbonyl (C=O) groups excluding carboxylic acids is 2. The molecule has 2 heterocycles. The van der Waals surface area contributed by atoms with Crippen LogP contribution >= 0.6 is 0 Å². The molecule has 1 amide bonds. The van der Waals surface area contributed by atoms with Crippen molar-refractivity contribution < 1.29 is 36.4 Å². The molecule has 12 heteroatoms. The van der Waals surface area contributed by atoms with Gasteiger partial charge in [-0.2, -0.15) is 13.2 Å². The first-order valence-electron chi connectivity index (χ1n) is 13.1. The summed E-state index contributed by atoms with van der Waals surface area (Å²) in [5, 5.41) is 3.59. The van der Waals surface area contributed by atoms with Gasteiger partial charge in [0.15, 0.2) is 5.76 Å². The molecule has 0 radical (unpaired) electrons. The van der Waals surface area contributed by atoms with E-state index in [4.69, 9.17) is 9.26 Å². The summed E-state index contributed by atoms with van der Waals surface area (Å²) in [6, 6.07) is 9.00. The Balaban J connectivity index is 1.46. The zero-order valence-corrected chi connectivity index (χ0v) is 23.8. The van der Waals surface area contributed by atoms with Crippen molar-refractivity contribution in [2.24, 2.45) is 0 Å². The first-order chi connectivity index (χ1) is 19.7. The highest BCUT2D eigenvalue weighted by atomic mass is 19.4. The quantitative estimate of drug-likeness (QED) is 0.217. The lowest BCUT2D eigenvalue weighted by atomic mass is 9.89. The third-order valence-corrected chi connectivity index (χ3v) is 7.06. The van der Waals surface area contributed by atoms with Crippen molar-refractivity contribution in [1.82, 2.24) is 20.0 Å². The maximum Gasteiger partial charge on any atom is 0.401 e. The van der Waals surface area contributed by atoms with E-state index in [1.807, 2.05) is 13.0 Å². The number of halogens is 4. The summed E-state index contributed by atoms with van der Waals surface area (Å²) in [5.41, 5.74) is 0.762. The van der Waals surface area contributed by atoms with Crippen LogP contribution in [0.2, 0.25) is 0 Å². The van der Waals surface area contributed by atoms with Crippen LogP contribution in [0.1, 0.15) is 43.4 Å². The second-order valence-corrected chi connectivity index (χ2v) is 10.7. The van der Waals surface area contributed by atoms with Crippen molar-refractivity contribution >= 4 is 22.7 Å². The molecule has 0 aliphatic rings. The average molecular weight is 587 g/mol. The molecule has 4 aromatic rings. The number of fused-ring (bicyclic) bond motifs is 1. The van der Waals surface area contributed by atoms with E-state index >= 15 is 4.39 Å². The molecule has 0 N–H and O–H groups in total. The second-order valence-electron chi connectivity index (χ2n) is 10.7. The van der Waals surface area contributed by atoms with Gasteiger partial charge in [-0.1, -0.05) is 17.3 Å². The summed E-state index contributed by atoms with van der Waals surface area (Å²) in [6.45, 7) is 5.99. The summed E-state index contributed by atoms with van der Waals surface area (Å²) in [6.07, 6.45) is -3.62. The van der Waals surface area contributed by atoms with Crippen molar-refractivity contribution in [3.05, 3.63) is 71.0 Å². The van der Waals surface area contributed by atoms with Crippen LogP contribution < -0.4 is 4.74 Å². The Kier molecular flexibility index (Phi) is 8.65. The van der Waals surface area contributed by atoms with E-state index < -0.39 is 29.0 Å². The highest BCUT2D eigenvalue weighted by Crippen LogP contribution is 2.40.